The van der Waals surface area contributed by atoms with Crippen LogP contribution in [0.3, 0.4) is 0 Å². The first kappa shape index (κ1) is 20.9. The van der Waals surface area contributed by atoms with Gasteiger partial charge >= 0.3 is 0 Å². The van der Waals surface area contributed by atoms with E-state index in [0.29, 0.717) is 11.4 Å². The van der Waals surface area contributed by atoms with Gasteiger partial charge < -0.3 is 10.1 Å². The maximum Gasteiger partial charge on any atom is 0.294 e. The second kappa shape index (κ2) is 9.18. The minimum absolute atomic E-state index is 0.105. The molecule has 0 radical (unpaired) electrons. The van der Waals surface area contributed by atoms with Gasteiger partial charge in [0.2, 0.25) is 5.91 Å². The van der Waals surface area contributed by atoms with Crippen LogP contribution in [0.4, 0.5) is 5.69 Å². The van der Waals surface area contributed by atoms with Gasteiger partial charge in [0.15, 0.2) is 11.5 Å². The SMILES string of the molecule is CC(NC(=O)CN1C(=O)/C(=C\c2cccc(Br)c2)Oc2ccccc21)c1ccccc1. The quantitative estimate of drug-likeness (QED) is 0.521. The minimum Gasteiger partial charge on any atom is -0.449 e. The molecular formula is C25H21BrN2O3. The second-order valence-corrected chi connectivity index (χ2v) is 8.14. The van der Waals surface area contributed by atoms with Gasteiger partial charge in [0.05, 0.1) is 11.7 Å². The summed E-state index contributed by atoms with van der Waals surface area (Å²) < 4.78 is 6.77. The van der Waals surface area contributed by atoms with Gasteiger partial charge in [-0.25, -0.2) is 0 Å². The molecule has 0 saturated carbocycles. The van der Waals surface area contributed by atoms with E-state index in [0.717, 1.165) is 15.6 Å². The molecule has 0 bridgehead atoms. The molecule has 31 heavy (non-hydrogen) atoms. The summed E-state index contributed by atoms with van der Waals surface area (Å²) in [5, 5.41) is 2.97. The highest BCUT2D eigenvalue weighted by Gasteiger charge is 2.31. The molecule has 3 aromatic carbocycles. The average molecular weight is 477 g/mol. The molecule has 1 unspecified atom stereocenters. The number of benzene rings is 3. The van der Waals surface area contributed by atoms with Gasteiger partial charge in [-0.1, -0.05) is 70.5 Å². The van der Waals surface area contributed by atoms with Gasteiger partial charge in [-0.3, -0.25) is 14.5 Å². The predicted molar refractivity (Wildman–Crippen MR) is 125 cm³/mol. The zero-order chi connectivity index (χ0) is 21.8. The Kier molecular flexibility index (Phi) is 6.18. The first-order valence-electron chi connectivity index (χ1n) is 9.91. The van der Waals surface area contributed by atoms with Crippen LogP contribution in [0.5, 0.6) is 5.75 Å². The Bertz CT molecular complexity index is 1140. The van der Waals surface area contributed by atoms with Gasteiger partial charge in [0.1, 0.15) is 6.54 Å². The van der Waals surface area contributed by atoms with E-state index in [9.17, 15) is 9.59 Å². The lowest BCUT2D eigenvalue weighted by molar-refractivity contribution is -0.123. The Balaban J connectivity index is 1.58. The molecule has 0 spiro atoms. The number of anilines is 1. The van der Waals surface area contributed by atoms with Crippen molar-refractivity contribution in [3.63, 3.8) is 0 Å². The Hall–Kier alpha value is -3.38. The van der Waals surface area contributed by atoms with Crippen molar-refractivity contribution >= 4 is 39.5 Å². The Morgan fingerprint density at radius 2 is 1.81 bits per heavy atom. The van der Waals surface area contributed by atoms with Crippen molar-refractivity contribution in [3.8, 4) is 5.75 Å². The molecule has 3 aromatic rings. The third-order valence-electron chi connectivity index (χ3n) is 4.96. The van der Waals surface area contributed by atoms with E-state index < -0.39 is 0 Å². The van der Waals surface area contributed by atoms with Crippen molar-refractivity contribution in [2.45, 2.75) is 13.0 Å². The number of nitrogens with zero attached hydrogens (tertiary/aromatic N) is 1. The van der Waals surface area contributed by atoms with Crippen molar-refractivity contribution in [1.82, 2.24) is 5.32 Å². The first-order valence-corrected chi connectivity index (χ1v) is 10.7. The Labute approximate surface area is 189 Å². The van der Waals surface area contributed by atoms with Crippen LogP contribution in [0, 0.1) is 0 Å². The van der Waals surface area contributed by atoms with Crippen molar-refractivity contribution in [2.75, 3.05) is 11.4 Å². The standard InChI is InChI=1S/C25H21BrN2O3/c1-17(19-9-3-2-4-10-19)27-24(29)16-28-21-12-5-6-13-22(21)31-23(25(28)30)15-18-8-7-11-20(26)14-18/h2-15,17H,16H2,1H3,(H,27,29)/b23-15+. The minimum atomic E-state index is -0.360. The number of carbonyl (C=O) groups is 2. The number of hydrogen-bond acceptors (Lipinski definition) is 3. The topological polar surface area (TPSA) is 58.6 Å². The third kappa shape index (κ3) is 4.86. The van der Waals surface area contributed by atoms with Gasteiger partial charge in [-0.15, -0.1) is 0 Å². The molecule has 1 atom stereocenters. The molecular weight excluding hydrogens is 456 g/mol. The molecule has 1 heterocycles. The fourth-order valence-electron chi connectivity index (χ4n) is 3.42. The molecule has 5 nitrogen and oxygen atoms in total. The lowest BCUT2D eigenvalue weighted by Gasteiger charge is -2.30. The number of halogens is 1. The average Bonchev–Trinajstić information content (AvgIpc) is 2.77. The van der Waals surface area contributed by atoms with Crippen molar-refractivity contribution in [2.24, 2.45) is 0 Å². The maximum absolute atomic E-state index is 13.2. The monoisotopic (exact) mass is 476 g/mol. The fourth-order valence-corrected chi connectivity index (χ4v) is 3.84. The molecule has 1 N–H and O–H groups in total. The Morgan fingerprint density at radius 1 is 1.06 bits per heavy atom. The molecule has 0 fully saturated rings. The summed E-state index contributed by atoms with van der Waals surface area (Å²) in [4.78, 5) is 27.5. The number of amides is 2. The van der Waals surface area contributed by atoms with E-state index in [1.54, 1.807) is 18.2 Å². The number of hydrogen-bond donors (Lipinski definition) is 1. The molecule has 1 aliphatic heterocycles. The first-order chi connectivity index (χ1) is 15.0. The van der Waals surface area contributed by atoms with E-state index in [1.807, 2.05) is 73.7 Å². The maximum atomic E-state index is 13.2. The number of rotatable bonds is 5. The summed E-state index contributed by atoms with van der Waals surface area (Å²) >= 11 is 3.44. The van der Waals surface area contributed by atoms with Crippen LogP contribution in [0.2, 0.25) is 0 Å². The van der Waals surface area contributed by atoms with Gasteiger partial charge in [-0.2, -0.15) is 0 Å². The van der Waals surface area contributed by atoms with Gasteiger partial charge in [0.25, 0.3) is 5.91 Å². The van der Waals surface area contributed by atoms with Crippen LogP contribution >= 0.6 is 15.9 Å². The molecule has 2 amide bonds. The van der Waals surface area contributed by atoms with Gasteiger partial charge in [-0.05, 0) is 48.4 Å². The van der Waals surface area contributed by atoms with E-state index >= 15 is 0 Å². The van der Waals surface area contributed by atoms with Crippen LogP contribution in [0.25, 0.3) is 6.08 Å². The molecule has 0 aliphatic carbocycles. The van der Waals surface area contributed by atoms with Crippen molar-refractivity contribution in [3.05, 3.63) is 100 Å². The van der Waals surface area contributed by atoms with Gasteiger partial charge in [0, 0.05) is 4.47 Å². The Morgan fingerprint density at radius 3 is 2.58 bits per heavy atom. The zero-order valence-electron chi connectivity index (χ0n) is 16.9. The molecule has 1 aliphatic rings. The van der Waals surface area contributed by atoms with Crippen molar-refractivity contribution < 1.29 is 14.3 Å². The summed E-state index contributed by atoms with van der Waals surface area (Å²) in [5.41, 5.74) is 2.39. The number of para-hydroxylation sites is 2. The molecule has 0 aromatic heterocycles. The van der Waals surface area contributed by atoms with Crippen LogP contribution in [-0.4, -0.2) is 18.4 Å². The van der Waals surface area contributed by atoms with Crippen LogP contribution in [-0.2, 0) is 9.59 Å². The van der Waals surface area contributed by atoms with Crippen LogP contribution in [0.15, 0.2) is 89.1 Å². The molecule has 0 saturated heterocycles. The lowest BCUT2D eigenvalue weighted by Crippen LogP contribution is -2.44. The summed E-state index contributed by atoms with van der Waals surface area (Å²) in [6.07, 6.45) is 1.68. The largest absolute Gasteiger partial charge is 0.449 e. The van der Waals surface area contributed by atoms with Crippen LogP contribution in [0.1, 0.15) is 24.1 Å². The van der Waals surface area contributed by atoms with E-state index in [1.165, 1.54) is 4.90 Å². The zero-order valence-corrected chi connectivity index (χ0v) is 18.5. The van der Waals surface area contributed by atoms with E-state index in [4.69, 9.17) is 4.74 Å². The lowest BCUT2D eigenvalue weighted by atomic mass is 10.1. The smallest absolute Gasteiger partial charge is 0.294 e. The van der Waals surface area contributed by atoms with E-state index in [-0.39, 0.29) is 30.2 Å². The molecule has 6 heteroatoms. The fraction of sp³-hybridized carbons (Fsp3) is 0.120. The highest BCUT2D eigenvalue weighted by molar-refractivity contribution is 9.10. The predicted octanol–water partition coefficient (Wildman–Crippen LogP) is 5.09. The molecule has 4 rings (SSSR count). The summed E-state index contributed by atoms with van der Waals surface area (Å²) in [5.74, 6) is 0.0948. The highest BCUT2D eigenvalue weighted by atomic mass is 79.9. The number of carbonyl (C=O) groups excluding carboxylic acids is 2. The third-order valence-corrected chi connectivity index (χ3v) is 5.45. The van der Waals surface area contributed by atoms with Crippen LogP contribution < -0.4 is 15.0 Å². The highest BCUT2D eigenvalue weighted by Crippen LogP contribution is 2.35. The summed E-state index contributed by atoms with van der Waals surface area (Å²) in [7, 11) is 0. The number of nitrogens with one attached hydrogen (secondary N) is 1. The summed E-state index contributed by atoms with van der Waals surface area (Å²) in [6, 6.07) is 24.3. The van der Waals surface area contributed by atoms with Crippen molar-refractivity contribution in [1.29, 1.82) is 0 Å². The normalized spacial score (nSPS) is 15.2. The summed E-state index contributed by atoms with van der Waals surface area (Å²) in [6.45, 7) is 1.81. The number of fused-ring (bicyclic) bond motifs is 1. The molecule has 156 valence electrons. The second-order valence-electron chi connectivity index (χ2n) is 7.22. The van der Waals surface area contributed by atoms with E-state index in [2.05, 4.69) is 21.2 Å². The number of ether oxygens (including phenoxy) is 1.